The average molecular weight is 484 g/mol. The summed E-state index contributed by atoms with van der Waals surface area (Å²) in [6.45, 7) is 7.35. The molecule has 0 amide bonds. The van der Waals surface area contributed by atoms with Crippen LogP contribution in [0.4, 0.5) is 10.2 Å². The molecule has 4 heterocycles. The van der Waals surface area contributed by atoms with E-state index in [2.05, 4.69) is 14.9 Å². The number of hydrogen-bond acceptors (Lipinski definition) is 8. The Bertz CT molecular complexity index is 1180. The molecule has 10 heteroatoms. The summed E-state index contributed by atoms with van der Waals surface area (Å²) in [6, 6.07) is 6.75. The lowest BCUT2D eigenvalue weighted by Crippen LogP contribution is -2.38. The van der Waals surface area contributed by atoms with Crippen molar-refractivity contribution in [2.24, 2.45) is 0 Å². The third-order valence-electron chi connectivity index (χ3n) is 6.46. The predicted octanol–water partition coefficient (Wildman–Crippen LogP) is 3.10. The largest absolute Gasteiger partial charge is 0.492 e. The van der Waals surface area contributed by atoms with Gasteiger partial charge in [-0.05, 0) is 43.5 Å². The maximum absolute atomic E-state index is 14.6. The van der Waals surface area contributed by atoms with Crippen molar-refractivity contribution in [1.82, 2.24) is 19.5 Å². The Labute approximate surface area is 203 Å². The minimum absolute atomic E-state index is 0.0452. The summed E-state index contributed by atoms with van der Waals surface area (Å²) < 4.78 is 32.6. The van der Waals surface area contributed by atoms with Gasteiger partial charge in [0.2, 0.25) is 0 Å². The van der Waals surface area contributed by atoms with Gasteiger partial charge in [-0.2, -0.15) is 5.10 Å². The van der Waals surface area contributed by atoms with E-state index >= 15 is 0 Å². The number of esters is 1. The number of anilines is 1. The van der Waals surface area contributed by atoms with E-state index in [9.17, 15) is 9.18 Å². The van der Waals surface area contributed by atoms with E-state index in [1.54, 1.807) is 23.7 Å². The summed E-state index contributed by atoms with van der Waals surface area (Å²) in [5.74, 6) is 0.475. The molecule has 2 aliphatic rings. The zero-order chi connectivity index (χ0) is 24.2. The summed E-state index contributed by atoms with van der Waals surface area (Å²) in [5, 5.41) is 4.21. The van der Waals surface area contributed by atoms with E-state index < -0.39 is 5.97 Å². The number of nitrogens with zero attached hydrogens (tertiary/aromatic N) is 5. The molecule has 0 N–H and O–H groups in total. The molecule has 2 fully saturated rings. The van der Waals surface area contributed by atoms with Crippen LogP contribution in [0, 0.1) is 5.82 Å². The van der Waals surface area contributed by atoms with E-state index in [0.29, 0.717) is 29.4 Å². The summed E-state index contributed by atoms with van der Waals surface area (Å²) >= 11 is 0. The number of benzene rings is 1. The van der Waals surface area contributed by atoms with Crippen molar-refractivity contribution in [2.75, 3.05) is 57.5 Å². The maximum atomic E-state index is 14.6. The van der Waals surface area contributed by atoms with E-state index in [-0.39, 0.29) is 18.5 Å². The van der Waals surface area contributed by atoms with Gasteiger partial charge in [0, 0.05) is 38.4 Å². The van der Waals surface area contributed by atoms with Gasteiger partial charge < -0.3 is 19.1 Å². The van der Waals surface area contributed by atoms with E-state index in [4.69, 9.17) is 19.2 Å². The second-order valence-corrected chi connectivity index (χ2v) is 8.71. The molecule has 1 unspecified atom stereocenters. The number of rotatable bonds is 8. The molecular formula is C25H30FN5O4. The smallest absolute Gasteiger partial charge is 0.343 e. The number of aromatic nitrogens is 3. The number of morpholine rings is 1. The Hall–Kier alpha value is -3.24. The lowest BCUT2D eigenvalue weighted by Gasteiger charge is -2.27. The Balaban J connectivity index is 1.34. The second-order valence-electron chi connectivity index (χ2n) is 8.71. The quantitative estimate of drug-likeness (QED) is 0.452. The maximum Gasteiger partial charge on any atom is 0.343 e. The first-order valence-corrected chi connectivity index (χ1v) is 12.1. The Morgan fingerprint density at radius 1 is 1.23 bits per heavy atom. The van der Waals surface area contributed by atoms with Gasteiger partial charge in [0.1, 0.15) is 29.6 Å². The van der Waals surface area contributed by atoms with Gasteiger partial charge in [0.15, 0.2) is 5.65 Å². The van der Waals surface area contributed by atoms with E-state index in [0.717, 1.165) is 57.8 Å². The van der Waals surface area contributed by atoms with Crippen molar-refractivity contribution in [3.63, 3.8) is 0 Å². The van der Waals surface area contributed by atoms with Crippen LogP contribution in [0.5, 0.6) is 5.75 Å². The van der Waals surface area contributed by atoms with Gasteiger partial charge in [-0.1, -0.05) is 0 Å². The zero-order valence-corrected chi connectivity index (χ0v) is 19.9. The number of carbonyl (C=O) groups is 1. The Kier molecular flexibility index (Phi) is 7.10. The molecule has 0 spiro atoms. The summed E-state index contributed by atoms with van der Waals surface area (Å²) in [6.07, 6.45) is 5.07. The molecule has 5 rings (SSSR count). The van der Waals surface area contributed by atoms with E-state index in [1.807, 2.05) is 12.1 Å². The lowest BCUT2D eigenvalue weighted by molar-refractivity contribution is 0.0322. The molecule has 0 aliphatic carbocycles. The molecule has 1 atom stereocenters. The highest BCUT2D eigenvalue weighted by atomic mass is 19.1. The van der Waals surface area contributed by atoms with Gasteiger partial charge in [-0.25, -0.2) is 18.7 Å². The van der Waals surface area contributed by atoms with Crippen molar-refractivity contribution in [3.05, 3.63) is 53.6 Å². The van der Waals surface area contributed by atoms with Crippen LogP contribution in [0.1, 0.15) is 41.7 Å². The molecule has 3 aromatic rings. The predicted molar refractivity (Wildman–Crippen MR) is 127 cm³/mol. The number of halogens is 1. The van der Waals surface area contributed by atoms with Gasteiger partial charge >= 0.3 is 5.97 Å². The standard InChI is InChI=1S/C25H30FN5O4/c1-2-34-25(32)21-17-27-31-7-5-23(28-24(21)31)30-6-3-4-22(30)18-14-19(26)16-20(15-18)35-13-10-29-8-11-33-12-9-29/h5,7,14-17,22H,2-4,6,8-13H2,1H3. The van der Waals surface area contributed by atoms with Crippen LogP contribution in [0.3, 0.4) is 0 Å². The Morgan fingerprint density at radius 3 is 2.91 bits per heavy atom. The molecule has 186 valence electrons. The topological polar surface area (TPSA) is 81.4 Å². The van der Waals surface area contributed by atoms with Gasteiger partial charge in [-0.3, -0.25) is 4.90 Å². The fourth-order valence-corrected chi connectivity index (χ4v) is 4.74. The molecule has 0 bridgehead atoms. The first-order chi connectivity index (χ1) is 17.1. The number of hydrogen-bond donors (Lipinski definition) is 0. The van der Waals surface area contributed by atoms with Gasteiger partial charge in [-0.15, -0.1) is 0 Å². The minimum atomic E-state index is -0.450. The molecule has 2 aliphatic heterocycles. The second kappa shape index (κ2) is 10.6. The highest BCUT2D eigenvalue weighted by molar-refractivity contribution is 5.95. The van der Waals surface area contributed by atoms with Crippen molar-refractivity contribution in [2.45, 2.75) is 25.8 Å². The summed E-state index contributed by atoms with van der Waals surface area (Å²) in [7, 11) is 0. The number of fused-ring (bicyclic) bond motifs is 1. The lowest BCUT2D eigenvalue weighted by atomic mass is 10.0. The SMILES string of the molecule is CCOC(=O)c1cnn2ccc(N3CCCC3c3cc(F)cc(OCCN4CCOCC4)c3)nc12. The Morgan fingerprint density at radius 2 is 2.09 bits per heavy atom. The van der Waals surface area contributed by atoms with Crippen LogP contribution in [0.25, 0.3) is 5.65 Å². The van der Waals surface area contributed by atoms with Gasteiger partial charge in [0.05, 0.1) is 32.1 Å². The molecule has 0 radical (unpaired) electrons. The average Bonchev–Trinajstić information content (AvgIpc) is 3.52. The summed E-state index contributed by atoms with van der Waals surface area (Å²) in [5.41, 5.74) is 1.62. The molecule has 2 aromatic heterocycles. The van der Waals surface area contributed by atoms with Crippen LogP contribution in [0.15, 0.2) is 36.7 Å². The first-order valence-electron chi connectivity index (χ1n) is 12.1. The molecule has 2 saturated heterocycles. The number of ether oxygens (including phenoxy) is 3. The zero-order valence-electron chi connectivity index (χ0n) is 19.9. The van der Waals surface area contributed by atoms with Crippen LogP contribution >= 0.6 is 0 Å². The van der Waals surface area contributed by atoms with Crippen molar-refractivity contribution >= 4 is 17.4 Å². The van der Waals surface area contributed by atoms with Crippen molar-refractivity contribution < 1.29 is 23.4 Å². The molecule has 35 heavy (non-hydrogen) atoms. The first kappa shape index (κ1) is 23.5. The third kappa shape index (κ3) is 5.23. The normalized spacial score (nSPS) is 18.8. The van der Waals surface area contributed by atoms with Crippen molar-refractivity contribution in [3.8, 4) is 5.75 Å². The molecule has 9 nitrogen and oxygen atoms in total. The third-order valence-corrected chi connectivity index (χ3v) is 6.46. The minimum Gasteiger partial charge on any atom is -0.492 e. The van der Waals surface area contributed by atoms with Crippen LogP contribution in [0.2, 0.25) is 0 Å². The summed E-state index contributed by atoms with van der Waals surface area (Å²) in [4.78, 5) is 21.5. The highest BCUT2D eigenvalue weighted by Crippen LogP contribution is 2.37. The number of carbonyl (C=O) groups excluding carboxylic acids is 1. The van der Waals surface area contributed by atoms with Crippen LogP contribution in [-0.4, -0.2) is 78.1 Å². The van der Waals surface area contributed by atoms with Crippen LogP contribution in [-0.2, 0) is 9.47 Å². The van der Waals surface area contributed by atoms with Gasteiger partial charge in [0.25, 0.3) is 0 Å². The molecule has 0 saturated carbocycles. The van der Waals surface area contributed by atoms with Crippen molar-refractivity contribution in [1.29, 1.82) is 0 Å². The molecule has 1 aromatic carbocycles. The highest BCUT2D eigenvalue weighted by Gasteiger charge is 2.29. The fraction of sp³-hybridized carbons (Fsp3) is 0.480. The monoisotopic (exact) mass is 483 g/mol. The fourth-order valence-electron chi connectivity index (χ4n) is 4.74. The molecular weight excluding hydrogens is 453 g/mol. The van der Waals surface area contributed by atoms with Crippen LogP contribution < -0.4 is 9.64 Å². The van der Waals surface area contributed by atoms with E-state index in [1.165, 1.54) is 12.3 Å².